The van der Waals surface area contributed by atoms with Gasteiger partial charge in [-0.15, -0.1) is 24.9 Å². The van der Waals surface area contributed by atoms with Gasteiger partial charge in [0, 0.05) is 0 Å². The lowest BCUT2D eigenvalue weighted by atomic mass is 10.2. The number of hydrogen-bond acceptors (Lipinski definition) is 6. The lowest BCUT2D eigenvalue weighted by molar-refractivity contribution is -0.274. The molecule has 1 aromatic carbocycles. The Morgan fingerprint density at radius 2 is 2.11 bits per heavy atom. The number of halogens is 3. The lowest BCUT2D eigenvalue weighted by Gasteiger charge is -2.24. The molecule has 1 saturated heterocycles. The molecule has 1 heterocycles. The Bertz CT molecular complexity index is 714. The summed E-state index contributed by atoms with van der Waals surface area (Å²) in [7, 11) is 0. The number of carbonyl (C=O) groups excluding carboxylic acids is 3. The van der Waals surface area contributed by atoms with Crippen LogP contribution >= 0.6 is 11.8 Å². The van der Waals surface area contributed by atoms with Crippen LogP contribution in [0.2, 0.25) is 0 Å². The predicted molar refractivity (Wildman–Crippen MR) is 89.7 cm³/mol. The molecule has 11 heteroatoms. The number of benzene rings is 1. The van der Waals surface area contributed by atoms with Crippen LogP contribution in [-0.2, 0) is 19.1 Å². The molecule has 1 aromatic rings. The minimum absolute atomic E-state index is 0.0835. The topological polar surface area (TPSA) is 84.9 Å². The number of esters is 1. The van der Waals surface area contributed by atoms with Crippen LogP contribution in [0.25, 0.3) is 0 Å². The van der Waals surface area contributed by atoms with E-state index in [0.29, 0.717) is 5.56 Å². The Hall–Kier alpha value is -2.43. The van der Waals surface area contributed by atoms with Gasteiger partial charge in [-0.3, -0.25) is 14.4 Å². The van der Waals surface area contributed by atoms with Crippen molar-refractivity contribution in [1.82, 2.24) is 10.2 Å². The van der Waals surface area contributed by atoms with Crippen molar-refractivity contribution in [3.05, 3.63) is 29.8 Å². The van der Waals surface area contributed by atoms with Crippen LogP contribution in [0, 0.1) is 0 Å². The molecule has 0 bridgehead atoms. The van der Waals surface area contributed by atoms with Crippen molar-refractivity contribution in [2.24, 2.45) is 0 Å². The number of alkyl halides is 3. The fourth-order valence-corrected chi connectivity index (χ4v) is 3.54. The quantitative estimate of drug-likeness (QED) is 0.696. The zero-order valence-electron chi connectivity index (χ0n) is 14.2. The van der Waals surface area contributed by atoms with Gasteiger partial charge in [0.2, 0.25) is 11.8 Å². The first-order valence-electron chi connectivity index (χ1n) is 7.88. The van der Waals surface area contributed by atoms with E-state index in [1.165, 1.54) is 28.8 Å². The average Bonchev–Trinajstić information content (AvgIpc) is 2.93. The van der Waals surface area contributed by atoms with Gasteiger partial charge >= 0.3 is 12.3 Å². The summed E-state index contributed by atoms with van der Waals surface area (Å²) >= 11 is 1.18. The van der Waals surface area contributed by atoms with Crippen molar-refractivity contribution < 1.29 is 37.0 Å². The van der Waals surface area contributed by atoms with E-state index < -0.39 is 29.4 Å². The molecule has 2 rings (SSSR count). The average molecular weight is 406 g/mol. The largest absolute Gasteiger partial charge is 0.573 e. The molecule has 1 unspecified atom stereocenters. The summed E-state index contributed by atoms with van der Waals surface area (Å²) in [5.41, 5.74) is 0.394. The molecule has 1 atom stereocenters. The molecule has 148 valence electrons. The van der Waals surface area contributed by atoms with Crippen LogP contribution in [0.15, 0.2) is 24.3 Å². The van der Waals surface area contributed by atoms with E-state index in [2.05, 4.69) is 14.8 Å². The fourth-order valence-electron chi connectivity index (χ4n) is 2.36. The number of hydrogen-bond donors (Lipinski definition) is 1. The molecule has 0 radical (unpaired) electrons. The highest BCUT2D eigenvalue weighted by atomic mass is 32.2. The standard InChI is InChI=1S/C16H17F3N2O5S/c1-2-25-14(24)7-20-12(22)8-21-13(23)9-27-15(21)10-4-3-5-11(6-10)26-16(17,18)19/h3-6,15H,2,7-9H2,1H3,(H,20,22). The van der Waals surface area contributed by atoms with Gasteiger partial charge in [0.1, 0.15) is 24.2 Å². The number of ether oxygens (including phenoxy) is 2. The second-order valence-corrected chi connectivity index (χ2v) is 6.46. The third-order valence-corrected chi connectivity index (χ3v) is 4.65. The minimum Gasteiger partial charge on any atom is -0.465 e. The highest BCUT2D eigenvalue weighted by Crippen LogP contribution is 2.39. The molecule has 0 aliphatic carbocycles. The smallest absolute Gasteiger partial charge is 0.465 e. The first kappa shape index (κ1) is 20.9. The van der Waals surface area contributed by atoms with Gasteiger partial charge < -0.3 is 19.7 Å². The van der Waals surface area contributed by atoms with Gasteiger partial charge in [0.15, 0.2) is 0 Å². The maximum atomic E-state index is 12.4. The summed E-state index contributed by atoms with van der Waals surface area (Å²) in [5, 5.41) is 1.70. The van der Waals surface area contributed by atoms with Crippen molar-refractivity contribution >= 4 is 29.5 Å². The molecule has 0 saturated carbocycles. The maximum absolute atomic E-state index is 12.4. The predicted octanol–water partition coefficient (Wildman–Crippen LogP) is 1.84. The molecule has 0 aromatic heterocycles. The second kappa shape index (κ2) is 8.98. The van der Waals surface area contributed by atoms with Crippen molar-refractivity contribution in [2.75, 3.05) is 25.4 Å². The number of nitrogens with one attached hydrogen (secondary N) is 1. The Labute approximate surface area is 157 Å². The van der Waals surface area contributed by atoms with Crippen LogP contribution in [0.3, 0.4) is 0 Å². The summed E-state index contributed by atoms with van der Waals surface area (Å²) < 4.78 is 45.7. The Morgan fingerprint density at radius 1 is 1.37 bits per heavy atom. The van der Waals surface area contributed by atoms with Gasteiger partial charge in [-0.25, -0.2) is 0 Å². The molecule has 0 spiro atoms. The molecule has 27 heavy (non-hydrogen) atoms. The van der Waals surface area contributed by atoms with E-state index in [1.54, 1.807) is 13.0 Å². The summed E-state index contributed by atoms with van der Waals surface area (Å²) in [6.07, 6.45) is -4.83. The first-order valence-corrected chi connectivity index (χ1v) is 8.93. The van der Waals surface area contributed by atoms with E-state index >= 15 is 0 Å². The summed E-state index contributed by atoms with van der Waals surface area (Å²) in [6.45, 7) is 1.14. The normalized spacial score (nSPS) is 17.0. The molecule has 1 fully saturated rings. The van der Waals surface area contributed by atoms with E-state index in [4.69, 9.17) is 0 Å². The van der Waals surface area contributed by atoms with Gasteiger partial charge in [-0.1, -0.05) is 12.1 Å². The van der Waals surface area contributed by atoms with Crippen LogP contribution in [-0.4, -0.2) is 54.5 Å². The zero-order chi connectivity index (χ0) is 20.0. The fraction of sp³-hybridized carbons (Fsp3) is 0.438. The van der Waals surface area contributed by atoms with E-state index in [0.717, 1.165) is 6.07 Å². The number of carbonyl (C=O) groups is 3. The molecule has 1 aliphatic rings. The monoisotopic (exact) mass is 406 g/mol. The highest BCUT2D eigenvalue weighted by Gasteiger charge is 2.35. The van der Waals surface area contributed by atoms with Crippen molar-refractivity contribution in [3.63, 3.8) is 0 Å². The molecule has 1 N–H and O–H groups in total. The van der Waals surface area contributed by atoms with E-state index in [9.17, 15) is 27.6 Å². The third-order valence-electron chi connectivity index (χ3n) is 3.39. The van der Waals surface area contributed by atoms with Crippen LogP contribution in [0.4, 0.5) is 13.2 Å². The third kappa shape index (κ3) is 6.35. The maximum Gasteiger partial charge on any atom is 0.573 e. The van der Waals surface area contributed by atoms with Crippen molar-refractivity contribution in [2.45, 2.75) is 18.7 Å². The molecule has 1 aliphatic heterocycles. The molecule has 7 nitrogen and oxygen atoms in total. The lowest BCUT2D eigenvalue weighted by Crippen LogP contribution is -2.41. The second-order valence-electron chi connectivity index (χ2n) is 5.39. The van der Waals surface area contributed by atoms with Gasteiger partial charge in [0.05, 0.1) is 12.4 Å². The zero-order valence-corrected chi connectivity index (χ0v) is 15.1. The van der Waals surface area contributed by atoms with Crippen molar-refractivity contribution in [3.8, 4) is 5.75 Å². The van der Waals surface area contributed by atoms with Gasteiger partial charge in [-0.2, -0.15) is 0 Å². The Balaban J connectivity index is 2.04. The summed E-state index contributed by atoms with van der Waals surface area (Å²) in [5.74, 6) is -1.85. The van der Waals surface area contributed by atoms with Gasteiger partial charge in [0.25, 0.3) is 0 Å². The minimum atomic E-state index is -4.83. The Morgan fingerprint density at radius 3 is 2.78 bits per heavy atom. The number of rotatable bonds is 7. The molecule has 2 amide bonds. The van der Waals surface area contributed by atoms with Crippen LogP contribution < -0.4 is 10.1 Å². The first-order chi connectivity index (χ1) is 12.7. The van der Waals surface area contributed by atoms with Gasteiger partial charge in [-0.05, 0) is 24.6 Å². The molecular weight excluding hydrogens is 389 g/mol. The Kier molecular flexibility index (Phi) is 6.94. The van der Waals surface area contributed by atoms with Crippen LogP contribution in [0.5, 0.6) is 5.75 Å². The number of thioether (sulfide) groups is 1. The van der Waals surface area contributed by atoms with E-state index in [-0.39, 0.29) is 31.4 Å². The van der Waals surface area contributed by atoms with Crippen molar-refractivity contribution in [1.29, 1.82) is 0 Å². The summed E-state index contributed by atoms with van der Waals surface area (Å²) in [6, 6.07) is 5.24. The highest BCUT2D eigenvalue weighted by molar-refractivity contribution is 8.00. The number of amides is 2. The summed E-state index contributed by atoms with van der Waals surface area (Å²) in [4.78, 5) is 36.6. The van der Waals surface area contributed by atoms with Crippen LogP contribution in [0.1, 0.15) is 17.9 Å². The van der Waals surface area contributed by atoms with E-state index in [1.807, 2.05) is 0 Å². The molecular formula is C16H17F3N2O5S. The number of nitrogens with zero attached hydrogens (tertiary/aromatic N) is 1. The SMILES string of the molecule is CCOC(=O)CNC(=O)CN1C(=O)CSC1c1cccc(OC(F)(F)F)c1.